The fourth-order valence-electron chi connectivity index (χ4n) is 2.16. The van der Waals surface area contributed by atoms with Crippen LogP contribution in [0.4, 0.5) is 0 Å². The van der Waals surface area contributed by atoms with Gasteiger partial charge in [0.05, 0.1) is 17.0 Å². The largest absolute Gasteiger partial charge is 0.484 e. The van der Waals surface area contributed by atoms with Crippen molar-refractivity contribution in [3.05, 3.63) is 28.7 Å². The van der Waals surface area contributed by atoms with Crippen LogP contribution in [0.3, 0.4) is 0 Å². The number of nitrogens with one attached hydrogen (secondary N) is 1. The summed E-state index contributed by atoms with van der Waals surface area (Å²) in [7, 11) is -3.03. The van der Waals surface area contributed by atoms with E-state index in [1.165, 1.54) is 0 Å². The average Bonchev–Trinajstić information content (AvgIpc) is 2.62. The third-order valence-electron chi connectivity index (χ3n) is 3.13. The maximum absolute atomic E-state index is 11.8. The van der Waals surface area contributed by atoms with Crippen LogP contribution in [0.25, 0.3) is 0 Å². The summed E-state index contributed by atoms with van der Waals surface area (Å²) in [5, 5.41) is 2.74. The Balaban J connectivity index is 1.85. The highest BCUT2D eigenvalue weighted by molar-refractivity contribution is 9.10. The molecule has 1 N–H and O–H groups in total. The van der Waals surface area contributed by atoms with Crippen molar-refractivity contribution in [2.75, 3.05) is 18.1 Å². The second kappa shape index (κ2) is 5.73. The van der Waals surface area contributed by atoms with E-state index in [1.807, 2.05) is 12.1 Å². The van der Waals surface area contributed by atoms with E-state index in [-0.39, 0.29) is 24.0 Å². The molecule has 1 aromatic carbocycles. The summed E-state index contributed by atoms with van der Waals surface area (Å²) >= 11 is 3.31. The van der Waals surface area contributed by atoms with Crippen molar-refractivity contribution >= 4 is 31.7 Å². The van der Waals surface area contributed by atoms with E-state index < -0.39 is 15.4 Å². The van der Waals surface area contributed by atoms with Gasteiger partial charge in [0.15, 0.2) is 16.4 Å². The number of carbonyl (C=O) groups is 1. The van der Waals surface area contributed by atoms with Crippen LogP contribution in [-0.4, -0.2) is 38.0 Å². The molecular weight excluding hydrogens is 346 g/mol. The Morgan fingerprint density at radius 1 is 1.40 bits per heavy atom. The summed E-state index contributed by atoms with van der Waals surface area (Å²) in [6.45, 7) is 1.62. The molecule has 2 rings (SSSR count). The SMILES string of the molecule is C[C@]1(NC(=O)COc2ccc(Br)cc2)CCS(=O)(=O)C1. The number of amides is 1. The summed E-state index contributed by atoms with van der Waals surface area (Å²) in [6, 6.07) is 7.13. The quantitative estimate of drug-likeness (QED) is 0.882. The van der Waals surface area contributed by atoms with Crippen LogP contribution in [0, 0.1) is 0 Å². The molecule has 0 bridgehead atoms. The zero-order valence-corrected chi connectivity index (χ0v) is 13.5. The molecule has 1 heterocycles. The van der Waals surface area contributed by atoms with Crippen LogP contribution in [0.5, 0.6) is 5.75 Å². The summed E-state index contributed by atoms with van der Waals surface area (Å²) < 4.78 is 29.2. The van der Waals surface area contributed by atoms with Gasteiger partial charge in [-0.15, -0.1) is 0 Å². The van der Waals surface area contributed by atoms with Crippen molar-refractivity contribution in [2.24, 2.45) is 0 Å². The van der Waals surface area contributed by atoms with Crippen molar-refractivity contribution in [2.45, 2.75) is 18.9 Å². The molecule has 0 unspecified atom stereocenters. The van der Waals surface area contributed by atoms with Gasteiger partial charge in [0, 0.05) is 4.47 Å². The smallest absolute Gasteiger partial charge is 0.258 e. The number of hydrogen-bond acceptors (Lipinski definition) is 4. The Labute approximate surface area is 126 Å². The molecule has 110 valence electrons. The molecule has 0 spiro atoms. The van der Waals surface area contributed by atoms with Crippen LogP contribution >= 0.6 is 15.9 Å². The molecule has 1 aliphatic rings. The second-order valence-corrected chi connectivity index (χ2v) is 8.29. The molecule has 5 nitrogen and oxygen atoms in total. The Hall–Kier alpha value is -1.08. The van der Waals surface area contributed by atoms with Crippen molar-refractivity contribution in [3.63, 3.8) is 0 Å². The molecule has 1 saturated heterocycles. The molecule has 20 heavy (non-hydrogen) atoms. The van der Waals surface area contributed by atoms with Gasteiger partial charge in [0.25, 0.3) is 5.91 Å². The highest BCUT2D eigenvalue weighted by atomic mass is 79.9. The first kappa shape index (κ1) is 15.3. The molecule has 1 aliphatic heterocycles. The van der Waals surface area contributed by atoms with Crippen molar-refractivity contribution in [1.82, 2.24) is 5.32 Å². The van der Waals surface area contributed by atoms with Gasteiger partial charge in [-0.25, -0.2) is 8.42 Å². The summed E-state index contributed by atoms with van der Waals surface area (Å²) in [5.74, 6) is 0.390. The number of carbonyl (C=O) groups excluding carboxylic acids is 1. The van der Waals surface area contributed by atoms with E-state index in [0.29, 0.717) is 12.2 Å². The standard InChI is InChI=1S/C13H16BrNO4S/c1-13(6-7-20(17,18)9-13)15-12(16)8-19-11-4-2-10(14)3-5-11/h2-5H,6-9H2,1H3,(H,15,16)/t13-/m0/s1. The average molecular weight is 362 g/mol. The first-order chi connectivity index (χ1) is 9.28. The number of sulfone groups is 1. The highest BCUT2D eigenvalue weighted by Gasteiger charge is 2.39. The molecule has 0 aromatic heterocycles. The molecule has 7 heteroatoms. The van der Waals surface area contributed by atoms with Gasteiger partial charge in [-0.2, -0.15) is 0 Å². The third-order valence-corrected chi connectivity index (χ3v) is 5.56. The summed E-state index contributed by atoms with van der Waals surface area (Å²) in [5.41, 5.74) is -0.682. The molecular formula is C13H16BrNO4S. The first-order valence-electron chi connectivity index (χ1n) is 6.18. The molecule has 1 fully saturated rings. The number of ether oxygens (including phenoxy) is 1. The van der Waals surface area contributed by atoms with Crippen LogP contribution in [-0.2, 0) is 14.6 Å². The first-order valence-corrected chi connectivity index (χ1v) is 8.79. The van der Waals surface area contributed by atoms with Crippen molar-refractivity contribution in [3.8, 4) is 5.75 Å². The van der Waals surface area contributed by atoms with E-state index in [4.69, 9.17) is 4.74 Å². The van der Waals surface area contributed by atoms with Gasteiger partial charge < -0.3 is 10.1 Å². The number of hydrogen-bond donors (Lipinski definition) is 1. The van der Waals surface area contributed by atoms with E-state index in [0.717, 1.165) is 4.47 Å². The number of benzene rings is 1. The lowest BCUT2D eigenvalue weighted by Gasteiger charge is -2.23. The van der Waals surface area contributed by atoms with Crippen LogP contribution in [0.15, 0.2) is 28.7 Å². The van der Waals surface area contributed by atoms with Gasteiger partial charge in [0.1, 0.15) is 5.75 Å². The monoisotopic (exact) mass is 361 g/mol. The van der Waals surface area contributed by atoms with Gasteiger partial charge in [-0.05, 0) is 37.6 Å². The minimum Gasteiger partial charge on any atom is -0.484 e. The number of rotatable bonds is 4. The Morgan fingerprint density at radius 2 is 2.05 bits per heavy atom. The van der Waals surface area contributed by atoms with E-state index >= 15 is 0 Å². The highest BCUT2D eigenvalue weighted by Crippen LogP contribution is 2.22. The van der Waals surface area contributed by atoms with E-state index in [2.05, 4.69) is 21.2 Å². The maximum atomic E-state index is 11.8. The molecule has 1 aromatic rings. The Bertz CT molecular complexity index is 599. The van der Waals surface area contributed by atoms with Gasteiger partial charge in [0.2, 0.25) is 0 Å². The van der Waals surface area contributed by atoms with Crippen LogP contribution in [0.1, 0.15) is 13.3 Å². The lowest BCUT2D eigenvalue weighted by Crippen LogP contribution is -2.48. The predicted octanol–water partition coefficient (Wildman–Crippen LogP) is 1.52. The molecule has 0 aliphatic carbocycles. The lowest BCUT2D eigenvalue weighted by molar-refractivity contribution is -0.124. The Kier molecular flexibility index (Phi) is 4.39. The molecule has 0 saturated carbocycles. The molecule has 1 amide bonds. The van der Waals surface area contributed by atoms with Gasteiger partial charge in [-0.1, -0.05) is 15.9 Å². The predicted molar refractivity (Wildman–Crippen MR) is 79.5 cm³/mol. The molecule has 1 atom stereocenters. The Morgan fingerprint density at radius 3 is 2.60 bits per heavy atom. The topological polar surface area (TPSA) is 72.5 Å². The fraction of sp³-hybridized carbons (Fsp3) is 0.462. The van der Waals surface area contributed by atoms with Gasteiger partial charge in [-0.3, -0.25) is 4.79 Å². The maximum Gasteiger partial charge on any atom is 0.258 e. The van der Waals surface area contributed by atoms with E-state index in [9.17, 15) is 13.2 Å². The normalized spacial score (nSPS) is 24.3. The number of halogens is 1. The summed E-state index contributed by atoms with van der Waals surface area (Å²) in [6.07, 6.45) is 0.444. The third kappa shape index (κ3) is 4.21. The van der Waals surface area contributed by atoms with Crippen LogP contribution < -0.4 is 10.1 Å². The van der Waals surface area contributed by atoms with Crippen molar-refractivity contribution < 1.29 is 17.9 Å². The second-order valence-electron chi connectivity index (χ2n) is 5.19. The zero-order valence-electron chi connectivity index (χ0n) is 11.1. The van der Waals surface area contributed by atoms with Gasteiger partial charge >= 0.3 is 0 Å². The fourth-order valence-corrected chi connectivity index (χ4v) is 4.52. The van der Waals surface area contributed by atoms with Crippen LogP contribution in [0.2, 0.25) is 0 Å². The minimum atomic E-state index is -3.03. The van der Waals surface area contributed by atoms with E-state index in [1.54, 1.807) is 19.1 Å². The zero-order chi connectivity index (χ0) is 14.8. The minimum absolute atomic E-state index is 0.00990. The molecule has 0 radical (unpaired) electrons. The lowest BCUT2D eigenvalue weighted by atomic mass is 10.0. The summed E-state index contributed by atoms with van der Waals surface area (Å²) in [4.78, 5) is 11.8. The van der Waals surface area contributed by atoms with Crippen molar-refractivity contribution in [1.29, 1.82) is 0 Å².